The first kappa shape index (κ1) is 11.5. The smallest absolute Gasteiger partial charge is 0.235 e. The molecule has 0 radical (unpaired) electrons. The van der Waals surface area contributed by atoms with E-state index < -0.39 is 11.3 Å². The van der Waals surface area contributed by atoms with Crippen molar-refractivity contribution in [2.45, 2.75) is 37.5 Å². The number of fused-ring (bicyclic) bond motifs is 1. The van der Waals surface area contributed by atoms with Gasteiger partial charge >= 0.3 is 0 Å². The van der Waals surface area contributed by atoms with Gasteiger partial charge in [0.05, 0.1) is 0 Å². The van der Waals surface area contributed by atoms with Gasteiger partial charge < -0.3 is 5.73 Å². The van der Waals surface area contributed by atoms with Gasteiger partial charge in [-0.1, -0.05) is 18.2 Å². The number of benzene rings is 1. The number of carbonyl (C=O) groups excluding carboxylic acids is 1. The van der Waals surface area contributed by atoms with Gasteiger partial charge in [-0.05, 0) is 48.8 Å². The van der Waals surface area contributed by atoms with Crippen LogP contribution < -0.4 is 5.73 Å². The van der Waals surface area contributed by atoms with Crippen LogP contribution in [0.4, 0.5) is 0 Å². The van der Waals surface area contributed by atoms with Crippen molar-refractivity contribution in [3.05, 3.63) is 34.9 Å². The first-order valence-corrected chi connectivity index (χ1v) is 6.15. The van der Waals surface area contributed by atoms with Gasteiger partial charge in [0.1, 0.15) is 5.38 Å². The number of rotatable bonds is 3. The normalized spacial score (nSPS) is 16.6. The predicted molar refractivity (Wildman–Crippen MR) is 65.6 cm³/mol. The molecule has 16 heavy (non-hydrogen) atoms. The molecular weight excluding hydrogens is 222 g/mol. The fourth-order valence-electron chi connectivity index (χ4n) is 2.35. The minimum Gasteiger partial charge on any atom is -0.368 e. The number of carbonyl (C=O) groups is 1. The van der Waals surface area contributed by atoms with Crippen molar-refractivity contribution < 1.29 is 4.79 Å². The summed E-state index contributed by atoms with van der Waals surface area (Å²) in [6, 6.07) is 6.28. The standard InChI is InChI=1S/C13H16ClNO/c14-12(13(15)16)8-10-6-3-5-9-4-1-2-7-11(9)10/h3,5-6,12H,1-2,4,7-8H2,(H2,15,16). The molecular formula is C13H16ClNO. The van der Waals surface area contributed by atoms with Crippen LogP contribution in [-0.4, -0.2) is 11.3 Å². The molecule has 1 aromatic carbocycles. The molecule has 0 saturated carbocycles. The van der Waals surface area contributed by atoms with Gasteiger partial charge in [0.15, 0.2) is 0 Å². The Hall–Kier alpha value is -1.02. The summed E-state index contributed by atoms with van der Waals surface area (Å²) >= 11 is 5.92. The number of alkyl halides is 1. The third-order valence-electron chi connectivity index (χ3n) is 3.20. The van der Waals surface area contributed by atoms with Gasteiger partial charge in [0.25, 0.3) is 0 Å². The van der Waals surface area contributed by atoms with E-state index in [9.17, 15) is 4.79 Å². The van der Waals surface area contributed by atoms with Gasteiger partial charge in [-0.25, -0.2) is 0 Å². The van der Waals surface area contributed by atoms with Gasteiger partial charge in [0.2, 0.25) is 5.91 Å². The molecule has 1 amide bonds. The fourth-order valence-corrected chi connectivity index (χ4v) is 2.51. The van der Waals surface area contributed by atoms with Gasteiger partial charge in [-0.3, -0.25) is 4.79 Å². The Kier molecular flexibility index (Phi) is 3.49. The van der Waals surface area contributed by atoms with E-state index in [4.69, 9.17) is 17.3 Å². The molecule has 0 aromatic heterocycles. The number of hydrogen-bond donors (Lipinski definition) is 1. The Labute approximate surface area is 101 Å². The first-order valence-electron chi connectivity index (χ1n) is 5.71. The van der Waals surface area contributed by atoms with E-state index in [-0.39, 0.29) is 0 Å². The highest BCUT2D eigenvalue weighted by atomic mass is 35.5. The third-order valence-corrected chi connectivity index (χ3v) is 3.57. The van der Waals surface area contributed by atoms with Crippen LogP contribution >= 0.6 is 11.6 Å². The number of halogens is 1. The van der Waals surface area contributed by atoms with Crippen molar-refractivity contribution >= 4 is 17.5 Å². The molecule has 1 unspecified atom stereocenters. The number of nitrogens with two attached hydrogens (primary N) is 1. The molecule has 0 heterocycles. The summed E-state index contributed by atoms with van der Waals surface area (Å²) in [5, 5.41) is -0.589. The highest BCUT2D eigenvalue weighted by Gasteiger charge is 2.17. The second-order valence-corrected chi connectivity index (χ2v) is 4.86. The molecule has 0 aliphatic heterocycles. The number of amides is 1. The second kappa shape index (κ2) is 4.88. The van der Waals surface area contributed by atoms with Gasteiger partial charge in [0, 0.05) is 0 Å². The summed E-state index contributed by atoms with van der Waals surface area (Å²) in [6.07, 6.45) is 5.30. The summed E-state index contributed by atoms with van der Waals surface area (Å²) in [7, 11) is 0. The van der Waals surface area contributed by atoms with Crippen LogP contribution in [0.3, 0.4) is 0 Å². The quantitative estimate of drug-likeness (QED) is 0.805. The highest BCUT2D eigenvalue weighted by Crippen LogP contribution is 2.25. The molecule has 3 heteroatoms. The molecule has 1 aliphatic rings. The van der Waals surface area contributed by atoms with Crippen molar-refractivity contribution in [2.24, 2.45) is 5.73 Å². The summed E-state index contributed by atoms with van der Waals surface area (Å²) < 4.78 is 0. The number of hydrogen-bond acceptors (Lipinski definition) is 1. The van der Waals surface area contributed by atoms with E-state index in [2.05, 4.69) is 12.1 Å². The molecule has 86 valence electrons. The molecule has 2 rings (SSSR count). The van der Waals surface area contributed by atoms with E-state index in [0.717, 1.165) is 12.8 Å². The Morgan fingerprint density at radius 1 is 1.38 bits per heavy atom. The average Bonchev–Trinajstić information content (AvgIpc) is 2.29. The Balaban J connectivity index is 2.24. The topological polar surface area (TPSA) is 43.1 Å². The van der Waals surface area contributed by atoms with Crippen molar-refractivity contribution in [1.82, 2.24) is 0 Å². The molecule has 0 spiro atoms. The average molecular weight is 238 g/mol. The summed E-state index contributed by atoms with van der Waals surface area (Å²) in [5.41, 5.74) is 9.18. The van der Waals surface area contributed by atoms with Crippen molar-refractivity contribution in [2.75, 3.05) is 0 Å². The maximum absolute atomic E-state index is 11.0. The third kappa shape index (κ3) is 2.38. The summed E-state index contributed by atoms with van der Waals surface area (Å²) in [6.45, 7) is 0. The molecule has 2 nitrogen and oxygen atoms in total. The van der Waals surface area contributed by atoms with Crippen molar-refractivity contribution in [1.29, 1.82) is 0 Å². The maximum Gasteiger partial charge on any atom is 0.235 e. The number of primary amides is 1. The largest absolute Gasteiger partial charge is 0.368 e. The van der Waals surface area contributed by atoms with Gasteiger partial charge in [-0.15, -0.1) is 11.6 Å². The molecule has 0 saturated heterocycles. The zero-order valence-corrected chi connectivity index (χ0v) is 9.96. The second-order valence-electron chi connectivity index (χ2n) is 4.34. The van der Waals surface area contributed by atoms with E-state index in [1.807, 2.05) is 6.07 Å². The van der Waals surface area contributed by atoms with Crippen LogP contribution in [0.15, 0.2) is 18.2 Å². The lowest BCUT2D eigenvalue weighted by atomic mass is 9.87. The zero-order valence-electron chi connectivity index (χ0n) is 9.21. The molecule has 0 fully saturated rings. The molecule has 0 bridgehead atoms. The van der Waals surface area contributed by atoms with Gasteiger partial charge in [-0.2, -0.15) is 0 Å². The molecule has 1 aromatic rings. The van der Waals surface area contributed by atoms with Crippen molar-refractivity contribution in [3.8, 4) is 0 Å². The monoisotopic (exact) mass is 237 g/mol. The first-order chi connectivity index (χ1) is 7.68. The Morgan fingerprint density at radius 2 is 2.12 bits per heavy atom. The van der Waals surface area contributed by atoms with Crippen LogP contribution in [0.2, 0.25) is 0 Å². The molecule has 1 aliphatic carbocycles. The number of aryl methyl sites for hydroxylation is 1. The van der Waals surface area contributed by atoms with E-state index >= 15 is 0 Å². The Morgan fingerprint density at radius 3 is 2.88 bits per heavy atom. The lowest BCUT2D eigenvalue weighted by molar-refractivity contribution is -0.117. The van der Waals surface area contributed by atoms with E-state index in [0.29, 0.717) is 6.42 Å². The lowest BCUT2D eigenvalue weighted by Crippen LogP contribution is -2.26. The SMILES string of the molecule is NC(=O)C(Cl)Cc1cccc2c1CCCC2. The molecule has 2 N–H and O–H groups in total. The van der Waals surface area contributed by atoms with Crippen LogP contribution in [0.1, 0.15) is 29.5 Å². The zero-order chi connectivity index (χ0) is 11.5. The molecule has 1 atom stereocenters. The highest BCUT2D eigenvalue weighted by molar-refractivity contribution is 6.30. The van der Waals surface area contributed by atoms with E-state index in [1.54, 1.807) is 0 Å². The minimum atomic E-state index is -0.589. The van der Waals surface area contributed by atoms with Crippen LogP contribution in [0, 0.1) is 0 Å². The summed E-state index contributed by atoms with van der Waals surface area (Å²) in [5.74, 6) is -0.435. The van der Waals surface area contributed by atoms with Crippen LogP contribution in [-0.2, 0) is 24.1 Å². The minimum absolute atomic E-state index is 0.435. The van der Waals surface area contributed by atoms with E-state index in [1.165, 1.54) is 29.5 Å². The summed E-state index contributed by atoms with van der Waals surface area (Å²) in [4.78, 5) is 11.0. The predicted octanol–water partition coefficient (Wildman–Crippen LogP) is 2.20. The maximum atomic E-state index is 11.0. The lowest BCUT2D eigenvalue weighted by Gasteiger charge is -2.19. The van der Waals surface area contributed by atoms with Crippen molar-refractivity contribution in [3.63, 3.8) is 0 Å². The van der Waals surface area contributed by atoms with Crippen LogP contribution in [0.25, 0.3) is 0 Å². The fraction of sp³-hybridized carbons (Fsp3) is 0.462. The van der Waals surface area contributed by atoms with Crippen LogP contribution in [0.5, 0.6) is 0 Å². The Bertz CT molecular complexity index is 403.